The van der Waals surface area contributed by atoms with Crippen LogP contribution >= 0.6 is 11.8 Å². The zero-order chi connectivity index (χ0) is 16.5. The van der Waals surface area contributed by atoms with E-state index in [0.717, 1.165) is 19.3 Å². The maximum atomic E-state index is 12.0. The second-order valence-electron chi connectivity index (χ2n) is 6.87. The molecule has 1 heterocycles. The first kappa shape index (κ1) is 17.6. The number of hydrogen-bond acceptors (Lipinski definition) is 5. The lowest BCUT2D eigenvalue weighted by Gasteiger charge is -2.44. The standard InChI is InChI=1S/C16H26O5S/c1-9(2)12-6-5-10(3)7-13(12)16(15(18)19)21-14(8-22-16)20-11(4)17/h9-10,12-14H,5-8H2,1-4H3,(H,18,19)/t10?,12-,13+,14+,16+/m0/s1. The Morgan fingerprint density at radius 1 is 1.36 bits per heavy atom. The second kappa shape index (κ2) is 6.79. The highest BCUT2D eigenvalue weighted by molar-refractivity contribution is 8.01. The van der Waals surface area contributed by atoms with Crippen molar-refractivity contribution in [1.82, 2.24) is 0 Å². The molecule has 1 saturated carbocycles. The van der Waals surface area contributed by atoms with Crippen molar-refractivity contribution >= 4 is 23.7 Å². The van der Waals surface area contributed by atoms with E-state index < -0.39 is 23.2 Å². The van der Waals surface area contributed by atoms with Gasteiger partial charge in [-0.1, -0.05) is 27.2 Å². The van der Waals surface area contributed by atoms with Gasteiger partial charge in [-0.2, -0.15) is 0 Å². The summed E-state index contributed by atoms with van der Waals surface area (Å²) in [6.45, 7) is 7.77. The minimum atomic E-state index is -1.29. The summed E-state index contributed by atoms with van der Waals surface area (Å²) in [5, 5.41) is 9.87. The first-order valence-electron chi connectivity index (χ1n) is 7.98. The van der Waals surface area contributed by atoms with Crippen LogP contribution < -0.4 is 0 Å². The molecule has 0 aromatic heterocycles. The average molecular weight is 330 g/mol. The topological polar surface area (TPSA) is 72.8 Å². The Morgan fingerprint density at radius 3 is 2.59 bits per heavy atom. The molecule has 0 aromatic carbocycles. The fourth-order valence-electron chi connectivity index (χ4n) is 3.80. The molecule has 2 aliphatic rings. The molecule has 0 bridgehead atoms. The number of carbonyl (C=O) groups excluding carboxylic acids is 1. The largest absolute Gasteiger partial charge is 0.478 e. The molecule has 0 amide bonds. The monoisotopic (exact) mass is 330 g/mol. The van der Waals surface area contributed by atoms with Crippen molar-refractivity contribution in [2.75, 3.05) is 5.75 Å². The lowest BCUT2D eigenvalue weighted by Crippen LogP contribution is -2.50. The van der Waals surface area contributed by atoms with Crippen LogP contribution in [0.4, 0.5) is 0 Å². The summed E-state index contributed by atoms with van der Waals surface area (Å²) in [5.41, 5.74) is 0. The molecular formula is C16H26O5S. The number of carboxylic acid groups (broad SMARTS) is 1. The average Bonchev–Trinajstić information content (AvgIpc) is 2.82. The summed E-state index contributed by atoms with van der Waals surface area (Å²) in [4.78, 5) is 21.9. The SMILES string of the molecule is CC(=O)O[C@H]1CS[C@@](C(=O)O)([C@@H]2CC(C)CC[C@H]2C(C)C)O1. The Bertz CT molecular complexity index is 438. The van der Waals surface area contributed by atoms with Crippen LogP contribution in [0.1, 0.15) is 47.0 Å². The van der Waals surface area contributed by atoms with Gasteiger partial charge in [-0.15, -0.1) is 11.8 Å². The fraction of sp³-hybridized carbons (Fsp3) is 0.875. The first-order chi connectivity index (χ1) is 10.3. The molecule has 0 spiro atoms. The maximum absolute atomic E-state index is 12.0. The molecule has 6 heteroatoms. The lowest BCUT2D eigenvalue weighted by atomic mass is 9.67. The van der Waals surface area contributed by atoms with Crippen LogP contribution in [-0.4, -0.2) is 34.0 Å². The molecule has 0 radical (unpaired) electrons. The molecule has 1 N–H and O–H groups in total. The van der Waals surface area contributed by atoms with E-state index in [0.29, 0.717) is 23.5 Å². The Balaban J connectivity index is 2.26. The van der Waals surface area contributed by atoms with Crippen LogP contribution in [-0.2, 0) is 19.1 Å². The van der Waals surface area contributed by atoms with Crippen molar-refractivity contribution in [3.05, 3.63) is 0 Å². The van der Waals surface area contributed by atoms with E-state index in [9.17, 15) is 14.7 Å². The van der Waals surface area contributed by atoms with Crippen molar-refractivity contribution in [2.24, 2.45) is 23.7 Å². The highest BCUT2D eigenvalue weighted by atomic mass is 32.2. The van der Waals surface area contributed by atoms with E-state index in [1.165, 1.54) is 18.7 Å². The molecule has 1 saturated heterocycles. The van der Waals surface area contributed by atoms with Gasteiger partial charge in [0.2, 0.25) is 11.2 Å². The van der Waals surface area contributed by atoms with Crippen molar-refractivity contribution in [3.8, 4) is 0 Å². The van der Waals surface area contributed by atoms with Gasteiger partial charge in [0.15, 0.2) is 0 Å². The lowest BCUT2D eigenvalue weighted by molar-refractivity contribution is -0.204. The van der Waals surface area contributed by atoms with Crippen LogP contribution in [0.2, 0.25) is 0 Å². The minimum absolute atomic E-state index is 0.0562. The van der Waals surface area contributed by atoms with E-state index in [-0.39, 0.29) is 5.92 Å². The summed E-state index contributed by atoms with van der Waals surface area (Å²) in [6.07, 6.45) is 2.24. The molecule has 126 valence electrons. The van der Waals surface area contributed by atoms with Gasteiger partial charge in [-0.3, -0.25) is 4.79 Å². The summed E-state index contributed by atoms with van der Waals surface area (Å²) in [7, 11) is 0. The Morgan fingerprint density at radius 2 is 2.05 bits per heavy atom. The summed E-state index contributed by atoms with van der Waals surface area (Å²) in [5.74, 6) is 0.150. The number of aliphatic carboxylic acids is 1. The van der Waals surface area contributed by atoms with Gasteiger partial charge in [-0.25, -0.2) is 4.79 Å². The third-order valence-corrected chi connectivity index (χ3v) is 6.29. The van der Waals surface area contributed by atoms with Crippen LogP contribution in [0, 0.1) is 23.7 Å². The number of thioether (sulfide) groups is 1. The smallest absolute Gasteiger partial charge is 0.347 e. The molecule has 1 aliphatic carbocycles. The molecule has 5 nitrogen and oxygen atoms in total. The quantitative estimate of drug-likeness (QED) is 0.798. The number of esters is 1. The van der Waals surface area contributed by atoms with Crippen LogP contribution in [0.15, 0.2) is 0 Å². The van der Waals surface area contributed by atoms with Gasteiger partial charge >= 0.3 is 11.9 Å². The highest BCUT2D eigenvalue weighted by Gasteiger charge is 2.57. The molecule has 2 rings (SSSR count). The summed E-state index contributed by atoms with van der Waals surface area (Å²) >= 11 is 1.28. The van der Waals surface area contributed by atoms with Crippen LogP contribution in [0.5, 0.6) is 0 Å². The second-order valence-corrected chi connectivity index (χ2v) is 8.10. The van der Waals surface area contributed by atoms with E-state index in [1.54, 1.807) is 0 Å². The predicted octanol–water partition coefficient (Wildman–Crippen LogP) is 3.13. The third kappa shape index (κ3) is 3.43. The van der Waals surface area contributed by atoms with E-state index in [2.05, 4.69) is 20.8 Å². The normalized spacial score (nSPS) is 39.0. The van der Waals surface area contributed by atoms with Crippen LogP contribution in [0.25, 0.3) is 0 Å². The Labute approximate surface area is 136 Å². The fourth-order valence-corrected chi connectivity index (χ4v) is 5.11. The molecule has 1 unspecified atom stereocenters. The van der Waals surface area contributed by atoms with Gasteiger partial charge in [-0.05, 0) is 30.6 Å². The predicted molar refractivity (Wildman–Crippen MR) is 84.3 cm³/mol. The number of ether oxygens (including phenoxy) is 2. The van der Waals surface area contributed by atoms with Gasteiger partial charge < -0.3 is 14.6 Å². The molecule has 2 fully saturated rings. The van der Waals surface area contributed by atoms with Crippen LogP contribution in [0.3, 0.4) is 0 Å². The molecular weight excluding hydrogens is 304 g/mol. The van der Waals surface area contributed by atoms with Gasteiger partial charge in [0.05, 0.1) is 5.75 Å². The third-order valence-electron chi connectivity index (χ3n) is 4.85. The zero-order valence-corrected chi connectivity index (χ0v) is 14.5. The molecule has 22 heavy (non-hydrogen) atoms. The van der Waals surface area contributed by atoms with Gasteiger partial charge in [0, 0.05) is 12.8 Å². The Kier molecular flexibility index (Phi) is 5.43. The van der Waals surface area contributed by atoms with Crippen molar-refractivity contribution in [3.63, 3.8) is 0 Å². The minimum Gasteiger partial charge on any atom is -0.478 e. The van der Waals surface area contributed by atoms with E-state index in [1.807, 2.05) is 0 Å². The highest BCUT2D eigenvalue weighted by Crippen LogP contribution is 2.52. The van der Waals surface area contributed by atoms with Gasteiger partial charge in [0.25, 0.3) is 0 Å². The number of rotatable bonds is 4. The van der Waals surface area contributed by atoms with E-state index in [4.69, 9.17) is 9.47 Å². The number of carbonyl (C=O) groups is 2. The maximum Gasteiger partial charge on any atom is 0.347 e. The molecule has 0 aromatic rings. The van der Waals surface area contributed by atoms with Crippen molar-refractivity contribution in [2.45, 2.75) is 58.2 Å². The van der Waals surface area contributed by atoms with Crippen molar-refractivity contribution in [1.29, 1.82) is 0 Å². The summed E-state index contributed by atoms with van der Waals surface area (Å²) < 4.78 is 10.9. The zero-order valence-electron chi connectivity index (χ0n) is 13.7. The molecule has 5 atom stereocenters. The van der Waals surface area contributed by atoms with Gasteiger partial charge in [0.1, 0.15) is 0 Å². The van der Waals surface area contributed by atoms with E-state index >= 15 is 0 Å². The first-order valence-corrected chi connectivity index (χ1v) is 8.97. The van der Waals surface area contributed by atoms with Crippen molar-refractivity contribution < 1.29 is 24.2 Å². The molecule has 1 aliphatic heterocycles. The Hall–Kier alpha value is -0.750. The summed E-state index contributed by atoms with van der Waals surface area (Å²) in [6, 6.07) is 0. The number of hydrogen-bond donors (Lipinski definition) is 1. The number of carboxylic acids is 1.